The summed E-state index contributed by atoms with van der Waals surface area (Å²) >= 11 is 0. The Bertz CT molecular complexity index is 2520. The van der Waals surface area contributed by atoms with Gasteiger partial charge >= 0.3 is 0 Å². The van der Waals surface area contributed by atoms with Crippen LogP contribution in [0.5, 0.6) is 0 Å². The average molecular weight is 724 g/mol. The molecule has 0 heterocycles. The second kappa shape index (κ2) is 13.0. The van der Waals surface area contributed by atoms with Gasteiger partial charge in [0.25, 0.3) is 0 Å². The predicted molar refractivity (Wildman–Crippen MR) is 235 cm³/mol. The van der Waals surface area contributed by atoms with Crippen LogP contribution in [0.1, 0.15) is 69.1 Å². The van der Waals surface area contributed by atoms with Crippen molar-refractivity contribution in [3.8, 4) is 44.5 Å². The molecule has 4 bridgehead atoms. The quantitative estimate of drug-likeness (QED) is 0.158. The molecule has 12 rings (SSSR count). The average Bonchev–Trinajstić information content (AvgIpc) is 3.47. The Hall–Kier alpha value is -5.66. The lowest BCUT2D eigenvalue weighted by atomic mass is 9.48. The van der Waals surface area contributed by atoms with Gasteiger partial charge in [-0.2, -0.15) is 0 Å². The highest BCUT2D eigenvalue weighted by Gasteiger charge is 2.51. The fourth-order valence-electron chi connectivity index (χ4n) is 11.9. The van der Waals surface area contributed by atoms with Crippen molar-refractivity contribution in [2.75, 3.05) is 4.90 Å². The van der Waals surface area contributed by atoms with Crippen LogP contribution in [0.4, 0.5) is 17.1 Å². The van der Waals surface area contributed by atoms with E-state index in [0.717, 1.165) is 29.1 Å². The maximum atomic E-state index is 2.47. The summed E-state index contributed by atoms with van der Waals surface area (Å²) in [7, 11) is 0. The number of hydrogen-bond donors (Lipinski definition) is 0. The highest BCUT2D eigenvalue weighted by Crippen LogP contribution is 2.61. The molecule has 1 heteroatoms. The number of benzene rings is 7. The van der Waals surface area contributed by atoms with E-state index in [9.17, 15) is 0 Å². The molecular formula is C55H49N. The number of fused-ring (bicyclic) bond motifs is 3. The Kier molecular flexibility index (Phi) is 7.79. The molecule has 1 nitrogen and oxygen atoms in total. The molecule has 0 N–H and O–H groups in total. The van der Waals surface area contributed by atoms with E-state index < -0.39 is 0 Å². The summed E-state index contributed by atoms with van der Waals surface area (Å²) < 4.78 is 0. The highest BCUT2D eigenvalue weighted by atomic mass is 15.1. The number of hydrogen-bond acceptors (Lipinski definition) is 1. The van der Waals surface area contributed by atoms with Crippen LogP contribution in [-0.2, 0) is 10.8 Å². The molecule has 0 unspecified atom stereocenters. The van der Waals surface area contributed by atoms with Crippen molar-refractivity contribution in [1.29, 1.82) is 0 Å². The monoisotopic (exact) mass is 723 g/mol. The first-order valence-corrected chi connectivity index (χ1v) is 20.9. The molecule has 0 radical (unpaired) electrons. The van der Waals surface area contributed by atoms with Crippen molar-refractivity contribution in [1.82, 2.24) is 0 Å². The zero-order valence-corrected chi connectivity index (χ0v) is 32.6. The van der Waals surface area contributed by atoms with Gasteiger partial charge in [-0.05, 0) is 159 Å². The van der Waals surface area contributed by atoms with Gasteiger partial charge in [-0.25, -0.2) is 0 Å². The van der Waals surface area contributed by atoms with Gasteiger partial charge in [0.2, 0.25) is 0 Å². The molecule has 0 spiro atoms. The summed E-state index contributed by atoms with van der Waals surface area (Å²) in [5, 5.41) is 0. The van der Waals surface area contributed by atoms with Crippen LogP contribution in [0.2, 0.25) is 0 Å². The Morgan fingerprint density at radius 1 is 0.393 bits per heavy atom. The smallest absolute Gasteiger partial charge is 0.0467 e. The van der Waals surface area contributed by atoms with Gasteiger partial charge in [0.15, 0.2) is 0 Å². The Labute approximate surface area is 332 Å². The van der Waals surface area contributed by atoms with Crippen LogP contribution in [0.15, 0.2) is 170 Å². The van der Waals surface area contributed by atoms with E-state index in [1.807, 2.05) is 0 Å². The molecule has 5 aliphatic rings. The van der Waals surface area contributed by atoms with Crippen LogP contribution >= 0.6 is 0 Å². The zero-order valence-electron chi connectivity index (χ0n) is 32.6. The third-order valence-electron chi connectivity index (χ3n) is 14.2. The van der Waals surface area contributed by atoms with Crippen molar-refractivity contribution >= 4 is 17.1 Å². The molecule has 0 aliphatic heterocycles. The fraction of sp³-hybridized carbons (Fsp3) is 0.236. The lowest BCUT2D eigenvalue weighted by Crippen LogP contribution is -2.48. The SMILES string of the molecule is CC1(C)c2ccccc2-c2ccc(N(c3ccc(-c4ccc(-c5ccc(C67CC8CC(CC(C8)C6)C7)cc5)cc4)cc3)c3cccc(-c4ccccc4)c3)cc21. The van der Waals surface area contributed by atoms with Crippen molar-refractivity contribution in [2.45, 2.75) is 63.2 Å². The van der Waals surface area contributed by atoms with Crippen LogP contribution in [0, 0.1) is 17.8 Å². The normalized spacial score (nSPS) is 22.4. The van der Waals surface area contributed by atoms with E-state index in [0.29, 0.717) is 5.41 Å². The summed E-state index contributed by atoms with van der Waals surface area (Å²) in [6, 6.07) is 63.6. The van der Waals surface area contributed by atoms with E-state index in [2.05, 4.69) is 189 Å². The van der Waals surface area contributed by atoms with Gasteiger partial charge < -0.3 is 4.90 Å². The molecule has 0 amide bonds. The third kappa shape index (κ3) is 5.58. The van der Waals surface area contributed by atoms with E-state index >= 15 is 0 Å². The first-order chi connectivity index (χ1) is 27.4. The lowest BCUT2D eigenvalue weighted by Gasteiger charge is -2.57. The summed E-state index contributed by atoms with van der Waals surface area (Å²) in [6.07, 6.45) is 8.75. The number of nitrogens with zero attached hydrogens (tertiary/aromatic N) is 1. The van der Waals surface area contributed by atoms with Crippen LogP contribution in [0.3, 0.4) is 0 Å². The predicted octanol–water partition coefficient (Wildman–Crippen LogP) is 14.9. The van der Waals surface area contributed by atoms with Gasteiger partial charge in [0.1, 0.15) is 0 Å². The minimum absolute atomic E-state index is 0.0774. The second-order valence-corrected chi connectivity index (χ2v) is 18.1. The number of rotatable bonds is 7. The molecule has 4 fully saturated rings. The molecule has 7 aromatic carbocycles. The van der Waals surface area contributed by atoms with Gasteiger partial charge in [-0.3, -0.25) is 0 Å². The largest absolute Gasteiger partial charge is 0.310 e. The van der Waals surface area contributed by atoms with Gasteiger partial charge in [-0.1, -0.05) is 147 Å². The molecule has 4 saturated carbocycles. The summed E-state index contributed by atoms with van der Waals surface area (Å²) in [5.41, 5.74) is 18.4. The van der Waals surface area contributed by atoms with Crippen LogP contribution in [-0.4, -0.2) is 0 Å². The first kappa shape index (κ1) is 33.7. The third-order valence-corrected chi connectivity index (χ3v) is 14.2. The molecular weight excluding hydrogens is 675 g/mol. The molecule has 7 aromatic rings. The summed E-state index contributed by atoms with van der Waals surface area (Å²) in [6.45, 7) is 4.72. The molecule has 0 atom stereocenters. The first-order valence-electron chi connectivity index (χ1n) is 20.9. The minimum atomic E-state index is -0.0774. The maximum absolute atomic E-state index is 2.47. The maximum Gasteiger partial charge on any atom is 0.0467 e. The van der Waals surface area contributed by atoms with E-state index in [4.69, 9.17) is 0 Å². The minimum Gasteiger partial charge on any atom is -0.310 e. The summed E-state index contributed by atoms with van der Waals surface area (Å²) in [5.74, 6) is 2.92. The van der Waals surface area contributed by atoms with Crippen LogP contribution < -0.4 is 4.90 Å². The van der Waals surface area contributed by atoms with Crippen molar-refractivity contribution in [3.63, 3.8) is 0 Å². The van der Waals surface area contributed by atoms with Gasteiger partial charge in [-0.15, -0.1) is 0 Å². The second-order valence-electron chi connectivity index (χ2n) is 18.1. The Morgan fingerprint density at radius 2 is 0.875 bits per heavy atom. The molecule has 0 aromatic heterocycles. The van der Waals surface area contributed by atoms with Gasteiger partial charge in [0.05, 0.1) is 0 Å². The molecule has 5 aliphatic carbocycles. The Balaban J connectivity index is 0.901. The summed E-state index contributed by atoms with van der Waals surface area (Å²) in [4.78, 5) is 2.42. The standard InChI is InChI=1S/C55H49N/c1-54(2)52-14-7-6-13-50(52)51-28-27-49(33-53(51)54)56(48-12-8-11-45(32-48)40-9-4-3-5-10-40)47-25-21-44(22-26-47)42-17-15-41(16-18-42)43-19-23-46(24-20-43)55-34-37-29-38(35-55)31-39(30-37)36-55/h3-28,32-33,37-39H,29-31,34-36H2,1-2H3. The van der Waals surface area contributed by atoms with Gasteiger partial charge in [0, 0.05) is 22.5 Å². The topological polar surface area (TPSA) is 3.24 Å². The molecule has 56 heavy (non-hydrogen) atoms. The highest BCUT2D eigenvalue weighted by molar-refractivity contribution is 5.87. The fourth-order valence-corrected chi connectivity index (χ4v) is 11.9. The lowest BCUT2D eigenvalue weighted by molar-refractivity contribution is -0.00518. The van der Waals surface area contributed by atoms with Crippen molar-refractivity contribution in [3.05, 3.63) is 187 Å². The van der Waals surface area contributed by atoms with E-state index in [-0.39, 0.29) is 5.41 Å². The van der Waals surface area contributed by atoms with E-state index in [1.165, 1.54) is 99.8 Å². The molecule has 274 valence electrons. The van der Waals surface area contributed by atoms with Crippen molar-refractivity contribution < 1.29 is 0 Å². The Morgan fingerprint density at radius 3 is 1.52 bits per heavy atom. The van der Waals surface area contributed by atoms with Crippen molar-refractivity contribution in [2.24, 2.45) is 17.8 Å². The number of anilines is 3. The zero-order chi connectivity index (χ0) is 37.4. The molecule has 0 saturated heterocycles. The van der Waals surface area contributed by atoms with E-state index in [1.54, 1.807) is 5.56 Å². The van der Waals surface area contributed by atoms with Crippen LogP contribution in [0.25, 0.3) is 44.5 Å².